The minimum Gasteiger partial charge on any atom is -0.321 e. The molecule has 0 spiro atoms. The van der Waals surface area contributed by atoms with Gasteiger partial charge in [0.05, 0.1) is 28.0 Å². The molecule has 2 aromatic heterocycles. The molecule has 0 fully saturated rings. The summed E-state index contributed by atoms with van der Waals surface area (Å²) in [5.41, 5.74) is 4.71. The number of fused-ring (bicyclic) bond motifs is 2. The molecule has 5 aromatic rings. The number of pyridine rings is 2. The van der Waals surface area contributed by atoms with Crippen LogP contribution in [0.2, 0.25) is 0 Å². The van der Waals surface area contributed by atoms with Crippen LogP contribution in [-0.4, -0.2) is 15.9 Å². The molecule has 4 heteroatoms. The number of hydrogen-bond donors (Lipinski definition) is 1. The minimum atomic E-state index is -0.169. The van der Waals surface area contributed by atoms with Gasteiger partial charge in [-0.1, -0.05) is 54.6 Å². The van der Waals surface area contributed by atoms with Crippen LogP contribution >= 0.6 is 0 Å². The number of nitrogens with zero attached hydrogens (tertiary/aromatic N) is 2. The number of nitrogens with one attached hydrogen (secondary N) is 1. The van der Waals surface area contributed by atoms with Crippen molar-refractivity contribution in [1.82, 2.24) is 9.97 Å². The third kappa shape index (κ3) is 3.21. The fourth-order valence-corrected chi connectivity index (χ4v) is 3.52. The Bertz CT molecular complexity index is 1340. The minimum absolute atomic E-state index is 0.169. The van der Waals surface area contributed by atoms with E-state index in [-0.39, 0.29) is 5.91 Å². The van der Waals surface area contributed by atoms with E-state index in [0.717, 1.165) is 38.8 Å². The Hall–Kier alpha value is -4.05. The van der Waals surface area contributed by atoms with Crippen molar-refractivity contribution in [3.8, 4) is 11.3 Å². The molecule has 0 unspecified atom stereocenters. The molecular weight excluding hydrogens is 358 g/mol. The number of carbonyl (C=O) groups is 1. The molecule has 0 bridgehead atoms. The normalized spacial score (nSPS) is 10.9. The third-order valence-electron chi connectivity index (χ3n) is 4.92. The molecule has 0 aliphatic heterocycles. The predicted molar refractivity (Wildman–Crippen MR) is 117 cm³/mol. The van der Waals surface area contributed by atoms with Crippen LogP contribution in [0.5, 0.6) is 0 Å². The summed E-state index contributed by atoms with van der Waals surface area (Å²) in [5.74, 6) is -0.169. The fraction of sp³-hybridized carbons (Fsp3) is 0. The lowest BCUT2D eigenvalue weighted by atomic mass is 10.0. The molecule has 5 rings (SSSR count). The summed E-state index contributed by atoms with van der Waals surface area (Å²) < 4.78 is 0. The van der Waals surface area contributed by atoms with Crippen molar-refractivity contribution in [3.63, 3.8) is 0 Å². The highest BCUT2D eigenvalue weighted by Crippen LogP contribution is 2.27. The second kappa shape index (κ2) is 7.17. The van der Waals surface area contributed by atoms with E-state index in [9.17, 15) is 4.79 Å². The van der Waals surface area contributed by atoms with Gasteiger partial charge < -0.3 is 5.32 Å². The molecular formula is C25H17N3O. The van der Waals surface area contributed by atoms with Gasteiger partial charge in [-0.25, -0.2) is 4.98 Å². The van der Waals surface area contributed by atoms with Crippen LogP contribution in [0.4, 0.5) is 5.69 Å². The van der Waals surface area contributed by atoms with Gasteiger partial charge in [-0.2, -0.15) is 0 Å². The molecule has 3 aromatic carbocycles. The van der Waals surface area contributed by atoms with E-state index in [1.54, 1.807) is 6.20 Å². The van der Waals surface area contributed by atoms with Crippen molar-refractivity contribution in [2.45, 2.75) is 0 Å². The number of para-hydroxylation sites is 1. The van der Waals surface area contributed by atoms with Gasteiger partial charge in [0.25, 0.3) is 5.91 Å². The summed E-state index contributed by atoms with van der Waals surface area (Å²) in [6, 6.07) is 29.0. The first-order valence-electron chi connectivity index (χ1n) is 9.40. The molecule has 0 radical (unpaired) electrons. The Morgan fingerprint density at radius 1 is 0.724 bits per heavy atom. The molecule has 0 saturated carbocycles. The molecule has 1 N–H and O–H groups in total. The van der Waals surface area contributed by atoms with Crippen molar-refractivity contribution in [3.05, 3.63) is 103 Å². The van der Waals surface area contributed by atoms with Gasteiger partial charge in [0.2, 0.25) is 0 Å². The summed E-state index contributed by atoms with van der Waals surface area (Å²) in [5, 5.41) is 4.79. The van der Waals surface area contributed by atoms with Gasteiger partial charge >= 0.3 is 0 Å². The van der Waals surface area contributed by atoms with Crippen LogP contribution in [-0.2, 0) is 0 Å². The van der Waals surface area contributed by atoms with Crippen molar-refractivity contribution in [2.24, 2.45) is 0 Å². The van der Waals surface area contributed by atoms with Crippen molar-refractivity contribution in [1.29, 1.82) is 0 Å². The zero-order valence-electron chi connectivity index (χ0n) is 15.5. The largest absolute Gasteiger partial charge is 0.321 e. The highest BCUT2D eigenvalue weighted by atomic mass is 16.1. The van der Waals surface area contributed by atoms with Gasteiger partial charge in [0, 0.05) is 22.5 Å². The Morgan fingerprint density at radius 2 is 1.48 bits per heavy atom. The maximum atomic E-state index is 13.3. The zero-order valence-corrected chi connectivity index (χ0v) is 15.5. The van der Waals surface area contributed by atoms with Gasteiger partial charge in [-0.3, -0.25) is 9.78 Å². The van der Waals surface area contributed by atoms with Crippen LogP contribution in [0.15, 0.2) is 97.2 Å². The lowest BCUT2D eigenvalue weighted by molar-refractivity contribution is 0.102. The molecule has 0 saturated heterocycles. The number of benzene rings is 3. The van der Waals surface area contributed by atoms with Crippen molar-refractivity contribution < 1.29 is 4.79 Å². The molecule has 0 aliphatic rings. The zero-order chi connectivity index (χ0) is 19.6. The van der Waals surface area contributed by atoms with Crippen LogP contribution in [0.3, 0.4) is 0 Å². The number of rotatable bonds is 3. The lowest BCUT2D eigenvalue weighted by Crippen LogP contribution is -2.13. The summed E-state index contributed by atoms with van der Waals surface area (Å²) in [7, 11) is 0. The molecule has 0 aliphatic carbocycles. The molecule has 2 heterocycles. The SMILES string of the molecule is O=C(Nc1cccc2ncccc12)c1cc(-c2ccccc2)nc2ccccc12. The first kappa shape index (κ1) is 17.1. The number of anilines is 1. The van der Waals surface area contributed by atoms with E-state index in [4.69, 9.17) is 4.98 Å². The third-order valence-corrected chi connectivity index (χ3v) is 4.92. The molecule has 4 nitrogen and oxygen atoms in total. The maximum Gasteiger partial charge on any atom is 0.256 e. The Balaban J connectivity index is 1.62. The Labute approximate surface area is 167 Å². The molecule has 29 heavy (non-hydrogen) atoms. The second-order valence-corrected chi connectivity index (χ2v) is 6.77. The van der Waals surface area contributed by atoms with Gasteiger partial charge in [-0.15, -0.1) is 0 Å². The van der Waals surface area contributed by atoms with Crippen LogP contribution in [0, 0.1) is 0 Å². The molecule has 1 amide bonds. The highest BCUT2D eigenvalue weighted by molar-refractivity contribution is 6.15. The summed E-state index contributed by atoms with van der Waals surface area (Å²) >= 11 is 0. The fourth-order valence-electron chi connectivity index (χ4n) is 3.52. The first-order chi connectivity index (χ1) is 14.3. The Morgan fingerprint density at radius 3 is 2.38 bits per heavy atom. The van der Waals surface area contributed by atoms with E-state index >= 15 is 0 Å². The summed E-state index contributed by atoms with van der Waals surface area (Å²) in [4.78, 5) is 22.4. The van der Waals surface area contributed by atoms with Gasteiger partial charge in [0.15, 0.2) is 0 Å². The maximum absolute atomic E-state index is 13.3. The first-order valence-corrected chi connectivity index (χ1v) is 9.40. The summed E-state index contributed by atoms with van der Waals surface area (Å²) in [6.45, 7) is 0. The number of hydrogen-bond acceptors (Lipinski definition) is 3. The topological polar surface area (TPSA) is 54.9 Å². The van der Waals surface area contributed by atoms with Crippen molar-refractivity contribution >= 4 is 33.4 Å². The van der Waals surface area contributed by atoms with Crippen molar-refractivity contribution in [2.75, 3.05) is 5.32 Å². The van der Waals surface area contributed by atoms with Gasteiger partial charge in [0.1, 0.15) is 0 Å². The van der Waals surface area contributed by atoms with E-state index in [0.29, 0.717) is 5.56 Å². The van der Waals surface area contributed by atoms with E-state index in [1.807, 2.05) is 91.0 Å². The average Bonchev–Trinajstić information content (AvgIpc) is 2.79. The summed E-state index contributed by atoms with van der Waals surface area (Å²) in [6.07, 6.45) is 1.75. The molecule has 138 valence electrons. The van der Waals surface area contributed by atoms with Crippen LogP contribution in [0.25, 0.3) is 33.1 Å². The number of aromatic nitrogens is 2. The number of amides is 1. The predicted octanol–water partition coefficient (Wildman–Crippen LogP) is 5.70. The highest BCUT2D eigenvalue weighted by Gasteiger charge is 2.15. The van der Waals surface area contributed by atoms with E-state index in [1.165, 1.54) is 0 Å². The second-order valence-electron chi connectivity index (χ2n) is 6.77. The monoisotopic (exact) mass is 375 g/mol. The smallest absolute Gasteiger partial charge is 0.256 e. The lowest BCUT2D eigenvalue weighted by Gasteiger charge is -2.12. The standard InChI is InChI=1S/C25H17N3O/c29-25(28-23-14-6-13-21-19(23)11-7-15-26-21)20-16-24(17-8-2-1-3-9-17)27-22-12-5-4-10-18(20)22/h1-16H,(H,28,29). The number of carbonyl (C=O) groups excluding carboxylic acids is 1. The van der Waals surface area contributed by atoms with E-state index in [2.05, 4.69) is 10.3 Å². The van der Waals surface area contributed by atoms with Crippen LogP contribution < -0.4 is 5.32 Å². The average molecular weight is 375 g/mol. The Kier molecular flexibility index (Phi) is 4.22. The van der Waals surface area contributed by atoms with E-state index < -0.39 is 0 Å². The van der Waals surface area contributed by atoms with Gasteiger partial charge in [-0.05, 0) is 36.4 Å². The quantitative estimate of drug-likeness (QED) is 0.440. The van der Waals surface area contributed by atoms with Crippen LogP contribution in [0.1, 0.15) is 10.4 Å². The molecule has 0 atom stereocenters.